The minimum Gasteiger partial charge on any atom is -0.481 e. The minimum atomic E-state index is -0.833. The SMILES string of the molecule is C.CC(=O)O.CC(=O)O.CC(=O)O.CC(=O)O.CC(=O)O.CC(=O)O.CC(=O)O.CC(=O)O. The summed E-state index contributed by atoms with van der Waals surface area (Å²) in [7, 11) is 0. The molecule has 0 aromatic heterocycles. The molecule has 0 bridgehead atoms. The largest absolute Gasteiger partial charge is 0.481 e. The second-order valence-electron chi connectivity index (χ2n) is 4.15. The van der Waals surface area contributed by atoms with E-state index in [-0.39, 0.29) is 7.43 Å². The Morgan fingerprint density at radius 2 is 0.273 bits per heavy atom. The maximum atomic E-state index is 9.00. The van der Waals surface area contributed by atoms with E-state index in [0.717, 1.165) is 55.4 Å². The summed E-state index contributed by atoms with van der Waals surface area (Å²) in [5, 5.41) is 59.3. The van der Waals surface area contributed by atoms with E-state index in [1.165, 1.54) is 0 Å². The van der Waals surface area contributed by atoms with E-state index in [1.807, 2.05) is 0 Å². The van der Waals surface area contributed by atoms with Gasteiger partial charge in [0, 0.05) is 55.4 Å². The third kappa shape index (κ3) is 1020. The molecule has 0 heterocycles. The van der Waals surface area contributed by atoms with Crippen LogP contribution in [0.5, 0.6) is 0 Å². The van der Waals surface area contributed by atoms with E-state index >= 15 is 0 Å². The van der Waals surface area contributed by atoms with Crippen LogP contribution in [0.15, 0.2) is 0 Å². The molecular weight excluding hydrogens is 460 g/mol. The van der Waals surface area contributed by atoms with Crippen LogP contribution in [-0.2, 0) is 38.4 Å². The smallest absolute Gasteiger partial charge is 0.300 e. The minimum absolute atomic E-state index is 0. The first-order valence-corrected chi connectivity index (χ1v) is 7.42. The second kappa shape index (κ2) is 50.9. The van der Waals surface area contributed by atoms with Gasteiger partial charge in [0.15, 0.2) is 0 Å². The Hall–Kier alpha value is -4.24. The van der Waals surface area contributed by atoms with Gasteiger partial charge in [-0.25, -0.2) is 0 Å². The first-order chi connectivity index (χ1) is 13.9. The molecule has 33 heavy (non-hydrogen) atoms. The third-order valence-electron chi connectivity index (χ3n) is 0. The van der Waals surface area contributed by atoms with Crippen LogP contribution < -0.4 is 0 Å². The van der Waals surface area contributed by atoms with E-state index in [2.05, 4.69) is 0 Å². The van der Waals surface area contributed by atoms with E-state index in [9.17, 15) is 0 Å². The van der Waals surface area contributed by atoms with Crippen LogP contribution in [0.3, 0.4) is 0 Å². The van der Waals surface area contributed by atoms with E-state index in [0.29, 0.717) is 0 Å². The molecule has 8 N–H and O–H groups in total. The molecule has 0 saturated heterocycles. The Labute approximate surface area is 190 Å². The highest BCUT2D eigenvalue weighted by Gasteiger charge is 1.68. The molecule has 200 valence electrons. The molecule has 0 unspecified atom stereocenters. The number of carbonyl (C=O) groups is 8. The van der Waals surface area contributed by atoms with Crippen molar-refractivity contribution in [3.8, 4) is 0 Å². The van der Waals surface area contributed by atoms with Crippen LogP contribution in [0.1, 0.15) is 62.8 Å². The van der Waals surface area contributed by atoms with Crippen LogP contribution in [-0.4, -0.2) is 88.6 Å². The summed E-state index contributed by atoms with van der Waals surface area (Å²) in [6, 6.07) is 0. The Bertz CT molecular complexity index is 361. The van der Waals surface area contributed by atoms with Gasteiger partial charge in [0.1, 0.15) is 0 Å². The molecule has 16 heteroatoms. The fourth-order valence-corrected chi connectivity index (χ4v) is 0. The lowest BCUT2D eigenvalue weighted by atomic mass is 10.9. The van der Waals surface area contributed by atoms with E-state index in [1.54, 1.807) is 0 Å². The zero-order chi connectivity index (χ0) is 28.6. The molecule has 0 aliphatic rings. The average molecular weight is 496 g/mol. The van der Waals surface area contributed by atoms with Gasteiger partial charge in [-0.05, 0) is 0 Å². The van der Waals surface area contributed by atoms with Crippen LogP contribution in [0.25, 0.3) is 0 Å². The fraction of sp³-hybridized carbons (Fsp3) is 0.529. The maximum absolute atomic E-state index is 9.00. The van der Waals surface area contributed by atoms with Crippen molar-refractivity contribution in [2.45, 2.75) is 62.8 Å². The predicted molar refractivity (Wildman–Crippen MR) is 113 cm³/mol. The number of rotatable bonds is 0. The molecule has 0 aromatic rings. The molecular formula is C17H36O16. The van der Waals surface area contributed by atoms with Gasteiger partial charge >= 0.3 is 0 Å². The van der Waals surface area contributed by atoms with Gasteiger partial charge in [0.25, 0.3) is 47.8 Å². The highest BCUT2D eigenvalue weighted by atomic mass is 16.4. The van der Waals surface area contributed by atoms with Gasteiger partial charge < -0.3 is 40.9 Å². The van der Waals surface area contributed by atoms with E-state index in [4.69, 9.17) is 79.2 Å². The molecule has 0 radical (unpaired) electrons. The topological polar surface area (TPSA) is 298 Å². The lowest BCUT2D eigenvalue weighted by Crippen LogP contribution is -1.78. The molecule has 0 rings (SSSR count). The Morgan fingerprint density at radius 3 is 0.273 bits per heavy atom. The fourth-order valence-electron chi connectivity index (χ4n) is 0. The maximum Gasteiger partial charge on any atom is 0.300 e. The van der Waals surface area contributed by atoms with Crippen molar-refractivity contribution in [3.63, 3.8) is 0 Å². The normalized spacial score (nSPS) is 6.06. The summed E-state index contributed by atoms with van der Waals surface area (Å²) in [5.74, 6) is -6.67. The van der Waals surface area contributed by atoms with Crippen molar-refractivity contribution in [2.24, 2.45) is 0 Å². The second-order valence-corrected chi connectivity index (χ2v) is 4.15. The summed E-state index contributed by atoms with van der Waals surface area (Å²) in [5.41, 5.74) is 0. The van der Waals surface area contributed by atoms with Crippen LogP contribution >= 0.6 is 0 Å². The average Bonchev–Trinajstić information content (AvgIpc) is 2.30. The van der Waals surface area contributed by atoms with Crippen molar-refractivity contribution in [1.29, 1.82) is 0 Å². The number of carboxylic acids is 8. The summed E-state index contributed by atoms with van der Waals surface area (Å²) in [6.45, 7) is 8.67. The van der Waals surface area contributed by atoms with Gasteiger partial charge in [-0.3, -0.25) is 38.4 Å². The highest BCUT2D eigenvalue weighted by Crippen LogP contribution is 1.44. The molecule has 0 atom stereocenters. The van der Waals surface area contributed by atoms with Gasteiger partial charge in [0.2, 0.25) is 0 Å². The van der Waals surface area contributed by atoms with Crippen LogP contribution in [0.4, 0.5) is 0 Å². The molecule has 0 saturated carbocycles. The van der Waals surface area contributed by atoms with Crippen molar-refractivity contribution >= 4 is 47.8 Å². The summed E-state index contributed by atoms with van der Waals surface area (Å²) in [6.07, 6.45) is 0. The van der Waals surface area contributed by atoms with Gasteiger partial charge in [-0.15, -0.1) is 0 Å². The summed E-state index contributed by atoms with van der Waals surface area (Å²) >= 11 is 0. The molecule has 0 aromatic carbocycles. The van der Waals surface area contributed by atoms with Crippen LogP contribution in [0, 0.1) is 0 Å². The van der Waals surface area contributed by atoms with Gasteiger partial charge in [-0.1, -0.05) is 7.43 Å². The predicted octanol–water partition coefficient (Wildman–Crippen LogP) is 1.36. The quantitative estimate of drug-likeness (QED) is 0.234. The first-order valence-electron chi connectivity index (χ1n) is 7.42. The Morgan fingerprint density at radius 1 is 0.273 bits per heavy atom. The van der Waals surface area contributed by atoms with Crippen molar-refractivity contribution in [3.05, 3.63) is 0 Å². The molecule has 0 aliphatic carbocycles. The third-order valence-corrected chi connectivity index (χ3v) is 0. The molecule has 0 fully saturated rings. The van der Waals surface area contributed by atoms with Crippen molar-refractivity contribution in [1.82, 2.24) is 0 Å². The molecule has 0 amide bonds. The Balaban J connectivity index is -0.0000000284. The number of hydrogen-bond donors (Lipinski definition) is 8. The number of hydrogen-bond acceptors (Lipinski definition) is 8. The standard InChI is InChI=1S/8C2H4O2.CH4/c8*1-2(3)4;/h8*1H3,(H,3,4);1H4. The van der Waals surface area contributed by atoms with E-state index < -0.39 is 47.8 Å². The van der Waals surface area contributed by atoms with Crippen molar-refractivity contribution < 1.29 is 79.2 Å². The lowest BCUT2D eigenvalue weighted by Gasteiger charge is -1.59. The number of aliphatic carboxylic acids is 8. The highest BCUT2D eigenvalue weighted by molar-refractivity contribution is 5.64. The summed E-state index contributed by atoms with van der Waals surface area (Å²) < 4.78 is 0. The van der Waals surface area contributed by atoms with Gasteiger partial charge in [-0.2, -0.15) is 0 Å². The van der Waals surface area contributed by atoms with Gasteiger partial charge in [0.05, 0.1) is 0 Å². The first kappa shape index (κ1) is 56.8. The Kier molecular flexibility index (Phi) is 87.6. The van der Waals surface area contributed by atoms with Crippen molar-refractivity contribution in [2.75, 3.05) is 0 Å². The molecule has 0 spiro atoms. The van der Waals surface area contributed by atoms with Crippen LogP contribution in [0.2, 0.25) is 0 Å². The number of carboxylic acid groups (broad SMARTS) is 8. The molecule has 16 nitrogen and oxygen atoms in total. The molecule has 0 aliphatic heterocycles. The summed E-state index contributed by atoms with van der Waals surface area (Å²) in [4.78, 5) is 72.0. The zero-order valence-corrected chi connectivity index (χ0v) is 18.8. The lowest BCUT2D eigenvalue weighted by molar-refractivity contribution is -0.135. The monoisotopic (exact) mass is 496 g/mol. The zero-order valence-electron chi connectivity index (χ0n) is 18.8.